The van der Waals surface area contributed by atoms with Crippen LogP contribution in [0.25, 0.3) is 0 Å². The Hall–Kier alpha value is -3.36. The lowest BCUT2D eigenvalue weighted by atomic mass is 10.1. The maximum atomic E-state index is 12.9. The number of unbranched alkanes of at least 4 members (excludes halogenated alkanes) is 14. The molecule has 0 aliphatic carbocycles. The molecule has 8 nitrogen and oxygen atoms in total. The Morgan fingerprint density at radius 2 is 0.884 bits per heavy atom. The van der Waals surface area contributed by atoms with Gasteiger partial charge in [0.25, 0.3) is 0 Å². The summed E-state index contributed by atoms with van der Waals surface area (Å²) in [6, 6.07) is -0.883. The fourth-order valence-electron chi connectivity index (χ4n) is 6.85. The number of nitrogens with one attached hydrogen (secondary N) is 1. The molecule has 0 aromatic rings. The van der Waals surface area contributed by atoms with Crippen LogP contribution >= 0.6 is 7.82 Å². The van der Waals surface area contributed by atoms with E-state index < -0.39 is 20.0 Å². The van der Waals surface area contributed by atoms with E-state index in [0.717, 1.165) is 116 Å². The number of phosphoric acid groups is 1. The summed E-state index contributed by atoms with van der Waals surface area (Å²) < 4.78 is 23.6. The van der Waals surface area contributed by atoms with Crippen molar-refractivity contribution >= 4 is 13.7 Å². The van der Waals surface area contributed by atoms with Gasteiger partial charge in [-0.2, -0.15) is 0 Å². The molecule has 3 N–H and O–H groups in total. The van der Waals surface area contributed by atoms with Crippen molar-refractivity contribution in [2.75, 3.05) is 40.9 Å². The molecule has 1 amide bonds. The first-order chi connectivity index (χ1) is 33.5. The van der Waals surface area contributed by atoms with E-state index in [9.17, 15) is 19.4 Å². The Morgan fingerprint density at radius 3 is 1.33 bits per heavy atom. The van der Waals surface area contributed by atoms with Crippen LogP contribution in [0.15, 0.2) is 134 Å². The summed E-state index contributed by atoms with van der Waals surface area (Å²) in [5.41, 5.74) is 0. The van der Waals surface area contributed by atoms with Crippen LogP contribution in [0, 0.1) is 0 Å². The first-order valence-electron chi connectivity index (χ1n) is 27.1. The van der Waals surface area contributed by atoms with E-state index in [2.05, 4.69) is 141 Å². The van der Waals surface area contributed by atoms with Gasteiger partial charge in [-0.25, -0.2) is 4.57 Å². The van der Waals surface area contributed by atoms with E-state index in [1.807, 2.05) is 27.2 Å². The predicted octanol–water partition coefficient (Wildman–Crippen LogP) is 16.4. The Bertz CT molecular complexity index is 1580. The van der Waals surface area contributed by atoms with Crippen molar-refractivity contribution in [3.8, 4) is 0 Å². The molecule has 0 saturated heterocycles. The molecule has 0 fully saturated rings. The zero-order valence-electron chi connectivity index (χ0n) is 44.5. The standard InChI is InChI=1S/C60H101N2O6P/c1-6-8-10-12-14-16-18-20-22-23-24-25-26-27-28-29-30-31-32-33-34-35-36-37-38-39-40-42-44-46-48-50-52-54-60(64)61-58(57-68-69(65,66)67-56-55-62(3,4)5)59(63)53-51-49-47-45-43-41-21-19-17-15-13-11-9-7-2/h8,10,14,16-17,19-20,22,24-25,27-28,30-31,33-34,36-37,43,45,51,53,58-59,63H,6-7,9,11-13,15,18,21,23,26,29,32,35,38-42,44,46-50,52,54-57H2,1-5H3,(H-,61,64,65,66)/p+1/b10-8-,16-14-,19-17+,22-20-,25-24-,28-27-,31-30-,34-33-,37-36-,45-43+,53-51+. The lowest BCUT2D eigenvalue weighted by molar-refractivity contribution is -0.870. The molecular formula is C60H102N2O6P+. The second kappa shape index (κ2) is 49.6. The molecule has 0 aromatic heterocycles. The number of carbonyl (C=O) groups excluding carboxylic acids is 1. The molecule has 0 spiro atoms. The minimum Gasteiger partial charge on any atom is -0.387 e. The number of nitrogens with zero attached hydrogens (tertiary/aromatic N) is 1. The van der Waals surface area contributed by atoms with Crippen LogP contribution in [-0.4, -0.2) is 73.4 Å². The molecule has 3 atom stereocenters. The quantitative estimate of drug-likeness (QED) is 0.0243. The molecule has 0 rings (SSSR count). The monoisotopic (exact) mass is 978 g/mol. The fourth-order valence-corrected chi connectivity index (χ4v) is 7.59. The van der Waals surface area contributed by atoms with Gasteiger partial charge in [0, 0.05) is 6.42 Å². The number of carbonyl (C=O) groups is 1. The molecule has 69 heavy (non-hydrogen) atoms. The van der Waals surface area contributed by atoms with E-state index in [1.165, 1.54) is 51.4 Å². The highest BCUT2D eigenvalue weighted by Crippen LogP contribution is 2.43. The molecule has 9 heteroatoms. The minimum atomic E-state index is -4.37. The van der Waals surface area contributed by atoms with Gasteiger partial charge in [-0.1, -0.05) is 205 Å². The lowest BCUT2D eigenvalue weighted by Gasteiger charge is -2.25. The number of hydrogen-bond acceptors (Lipinski definition) is 5. The van der Waals surface area contributed by atoms with Crippen LogP contribution in [0.4, 0.5) is 0 Å². The molecule has 0 aromatic carbocycles. The first-order valence-corrected chi connectivity index (χ1v) is 28.6. The minimum absolute atomic E-state index is 0.0443. The smallest absolute Gasteiger partial charge is 0.387 e. The van der Waals surface area contributed by atoms with E-state index in [1.54, 1.807) is 6.08 Å². The summed E-state index contributed by atoms with van der Waals surface area (Å²) in [7, 11) is 1.52. The molecule has 0 aliphatic rings. The summed E-state index contributed by atoms with van der Waals surface area (Å²) in [6.45, 7) is 4.61. The molecule has 0 bridgehead atoms. The van der Waals surface area contributed by atoms with Gasteiger partial charge in [0.1, 0.15) is 13.2 Å². The summed E-state index contributed by atoms with van der Waals surface area (Å²) in [4.78, 5) is 23.2. The number of hydrogen-bond donors (Lipinski definition) is 3. The lowest BCUT2D eigenvalue weighted by Crippen LogP contribution is -2.45. The summed E-state index contributed by atoms with van der Waals surface area (Å²) >= 11 is 0. The van der Waals surface area contributed by atoms with E-state index in [-0.39, 0.29) is 19.1 Å². The molecule has 0 heterocycles. The zero-order chi connectivity index (χ0) is 50.6. The van der Waals surface area contributed by atoms with Crippen LogP contribution in [0.1, 0.15) is 187 Å². The second-order valence-corrected chi connectivity index (χ2v) is 20.3. The Morgan fingerprint density at radius 1 is 0.507 bits per heavy atom. The number of amides is 1. The number of allylic oxidation sites excluding steroid dienone is 21. The number of likely N-dealkylation sites (N-methyl/N-ethyl adjacent to an activating group) is 1. The van der Waals surface area contributed by atoms with Gasteiger partial charge in [-0.05, 0) is 109 Å². The summed E-state index contributed by atoms with van der Waals surface area (Å²) in [5.74, 6) is -0.207. The summed E-state index contributed by atoms with van der Waals surface area (Å²) in [6.07, 6.45) is 75.4. The SMILES string of the molecule is CC/C=C\C/C=C\C/C=C\C/C=C\C/C=C\C/C=C\C/C=C\C/C=C\CCCCCCCCCCC(=O)NC(COP(=O)(O)OCC[N+](C)(C)C)C(O)/C=C/CC/C=C/CC/C=C/CCCCCC. The third kappa shape index (κ3) is 52.3. The van der Waals surface area contributed by atoms with Gasteiger partial charge in [0.05, 0.1) is 39.9 Å². The van der Waals surface area contributed by atoms with Gasteiger partial charge in [0.2, 0.25) is 5.91 Å². The van der Waals surface area contributed by atoms with Gasteiger partial charge >= 0.3 is 7.82 Å². The molecule has 3 unspecified atom stereocenters. The second-order valence-electron chi connectivity index (χ2n) is 18.8. The fraction of sp³-hybridized carbons (Fsp3) is 0.617. The van der Waals surface area contributed by atoms with Crippen molar-refractivity contribution in [3.63, 3.8) is 0 Å². The maximum Gasteiger partial charge on any atom is 0.472 e. The number of aliphatic hydroxyl groups excluding tert-OH is 1. The average molecular weight is 978 g/mol. The number of rotatable bonds is 47. The van der Waals surface area contributed by atoms with E-state index in [0.29, 0.717) is 17.4 Å². The summed E-state index contributed by atoms with van der Waals surface area (Å²) in [5, 5.41) is 13.8. The molecule has 0 aliphatic heterocycles. The van der Waals surface area contributed by atoms with Crippen molar-refractivity contribution in [2.45, 2.75) is 199 Å². The van der Waals surface area contributed by atoms with E-state index in [4.69, 9.17) is 9.05 Å². The third-order valence-electron chi connectivity index (χ3n) is 11.1. The average Bonchev–Trinajstić information content (AvgIpc) is 3.31. The first kappa shape index (κ1) is 65.6. The molecule has 392 valence electrons. The topological polar surface area (TPSA) is 105 Å². The van der Waals surface area contributed by atoms with Crippen LogP contribution in [0.2, 0.25) is 0 Å². The van der Waals surface area contributed by atoms with Gasteiger partial charge in [-0.3, -0.25) is 13.8 Å². The third-order valence-corrected chi connectivity index (χ3v) is 12.1. The molecule has 0 radical (unpaired) electrons. The number of phosphoric ester groups is 1. The van der Waals surface area contributed by atoms with Crippen molar-refractivity contribution in [1.29, 1.82) is 0 Å². The van der Waals surface area contributed by atoms with Crippen LogP contribution in [-0.2, 0) is 18.4 Å². The highest BCUT2D eigenvalue weighted by molar-refractivity contribution is 7.47. The number of quaternary nitrogens is 1. The normalized spacial score (nSPS) is 15.1. The van der Waals surface area contributed by atoms with Crippen LogP contribution in [0.3, 0.4) is 0 Å². The van der Waals surface area contributed by atoms with Crippen LogP contribution < -0.4 is 5.32 Å². The van der Waals surface area contributed by atoms with Crippen molar-refractivity contribution < 1.29 is 32.9 Å². The van der Waals surface area contributed by atoms with Crippen molar-refractivity contribution in [2.24, 2.45) is 0 Å². The van der Waals surface area contributed by atoms with Gasteiger partial charge in [0.15, 0.2) is 0 Å². The van der Waals surface area contributed by atoms with E-state index >= 15 is 0 Å². The maximum absolute atomic E-state index is 12.9. The largest absolute Gasteiger partial charge is 0.472 e. The molecule has 0 saturated carbocycles. The number of aliphatic hydroxyl groups is 1. The van der Waals surface area contributed by atoms with Gasteiger partial charge in [-0.15, -0.1) is 0 Å². The van der Waals surface area contributed by atoms with Crippen molar-refractivity contribution in [1.82, 2.24) is 5.32 Å². The highest BCUT2D eigenvalue weighted by atomic mass is 31.2. The zero-order valence-corrected chi connectivity index (χ0v) is 45.4. The Balaban J connectivity index is 4.26. The van der Waals surface area contributed by atoms with Gasteiger partial charge < -0.3 is 19.8 Å². The predicted molar refractivity (Wildman–Crippen MR) is 299 cm³/mol. The van der Waals surface area contributed by atoms with Crippen LogP contribution in [0.5, 0.6) is 0 Å². The highest BCUT2D eigenvalue weighted by Gasteiger charge is 2.27. The Labute approximate surface area is 424 Å². The van der Waals surface area contributed by atoms with Crippen molar-refractivity contribution in [3.05, 3.63) is 134 Å². The Kier molecular flexibility index (Phi) is 47.2. The molecular weight excluding hydrogens is 876 g/mol.